The van der Waals surface area contributed by atoms with Gasteiger partial charge in [-0.2, -0.15) is 4.98 Å². The van der Waals surface area contributed by atoms with E-state index < -0.39 is 17.5 Å². The Labute approximate surface area is 125 Å². The third kappa shape index (κ3) is 3.31. The molecule has 0 amide bonds. The van der Waals surface area contributed by atoms with Crippen molar-refractivity contribution in [3.63, 3.8) is 0 Å². The van der Waals surface area contributed by atoms with Gasteiger partial charge in [-0.05, 0) is 19.4 Å². The van der Waals surface area contributed by atoms with Gasteiger partial charge < -0.3 is 14.8 Å². The molecule has 0 bridgehead atoms. The highest BCUT2D eigenvalue weighted by Gasteiger charge is 2.15. The summed E-state index contributed by atoms with van der Waals surface area (Å²) in [7, 11) is 0. The summed E-state index contributed by atoms with van der Waals surface area (Å²) in [5.74, 6) is 0. The van der Waals surface area contributed by atoms with Gasteiger partial charge in [0.2, 0.25) is 0 Å². The van der Waals surface area contributed by atoms with Gasteiger partial charge in [0.15, 0.2) is 0 Å². The lowest BCUT2D eigenvalue weighted by molar-refractivity contribution is -0.0680. The van der Waals surface area contributed by atoms with Gasteiger partial charge in [0, 0.05) is 11.6 Å². The highest BCUT2D eigenvalue weighted by atomic mass is 35.5. The Morgan fingerprint density at radius 1 is 1.52 bits per heavy atom. The van der Waals surface area contributed by atoms with Gasteiger partial charge in [-0.25, -0.2) is 4.79 Å². The third-order valence-electron chi connectivity index (χ3n) is 3.15. The zero-order valence-corrected chi connectivity index (χ0v) is 12.4. The number of ether oxygens (including phenoxy) is 1. The summed E-state index contributed by atoms with van der Waals surface area (Å²) in [6, 6.07) is 1.44. The summed E-state index contributed by atoms with van der Waals surface area (Å²) in [6.45, 7) is 3.43. The van der Waals surface area contributed by atoms with E-state index in [9.17, 15) is 9.59 Å². The van der Waals surface area contributed by atoms with E-state index >= 15 is 0 Å². The molecule has 0 aliphatic carbocycles. The molecule has 0 fully saturated rings. The zero-order valence-electron chi connectivity index (χ0n) is 11.7. The maximum absolute atomic E-state index is 12.0. The van der Waals surface area contributed by atoms with Crippen LogP contribution in [0.4, 0.5) is 0 Å². The number of nitrogens with zero attached hydrogens (tertiary/aromatic N) is 2. The number of nitrogens with one attached hydrogen (secondary N) is 1. The predicted molar refractivity (Wildman–Crippen MR) is 78.6 cm³/mol. The molecule has 0 aliphatic rings. The fourth-order valence-electron chi connectivity index (χ4n) is 1.93. The van der Waals surface area contributed by atoms with Gasteiger partial charge in [0.05, 0.1) is 12.7 Å². The Hall–Kier alpha value is -1.70. The van der Waals surface area contributed by atoms with Crippen LogP contribution in [0.15, 0.2) is 21.9 Å². The lowest BCUT2D eigenvalue weighted by Gasteiger charge is -2.21. The number of H-pyrrole nitrogens is 1. The average molecular weight is 314 g/mol. The fraction of sp³-hybridized carbons (Fsp3) is 0.462. The first-order valence-electron chi connectivity index (χ1n) is 6.54. The summed E-state index contributed by atoms with van der Waals surface area (Å²) in [5.41, 5.74) is -0.878. The number of aliphatic hydroxyl groups is 1. The summed E-state index contributed by atoms with van der Waals surface area (Å²) < 4.78 is 6.87. The molecule has 0 saturated carbocycles. The Morgan fingerprint density at radius 2 is 2.24 bits per heavy atom. The molecule has 7 nitrogen and oxygen atoms in total. The topological polar surface area (TPSA) is 97.2 Å². The van der Waals surface area contributed by atoms with Crippen molar-refractivity contribution in [3.8, 4) is 0 Å². The number of aromatic amines is 1. The fourth-order valence-corrected chi connectivity index (χ4v) is 2.10. The van der Waals surface area contributed by atoms with Crippen molar-refractivity contribution in [1.82, 2.24) is 14.5 Å². The van der Waals surface area contributed by atoms with Gasteiger partial charge in [-0.3, -0.25) is 9.36 Å². The molecule has 0 unspecified atom stereocenters. The number of halogens is 1. The summed E-state index contributed by atoms with van der Waals surface area (Å²) in [5, 5.41) is 9.68. The monoisotopic (exact) mass is 313 g/mol. The van der Waals surface area contributed by atoms with E-state index in [-0.39, 0.29) is 23.4 Å². The number of hydrogen-bond donors (Lipinski definition) is 2. The molecule has 0 aromatic carbocycles. The van der Waals surface area contributed by atoms with Crippen molar-refractivity contribution in [2.75, 3.05) is 6.61 Å². The molecule has 2 rings (SSSR count). The first-order chi connectivity index (χ1) is 9.96. The summed E-state index contributed by atoms with van der Waals surface area (Å²) >= 11 is 5.77. The van der Waals surface area contributed by atoms with Crippen molar-refractivity contribution in [2.45, 2.75) is 32.6 Å². The molecule has 2 aromatic heterocycles. The van der Waals surface area contributed by atoms with Crippen LogP contribution in [-0.2, 0) is 4.74 Å². The highest BCUT2D eigenvalue weighted by molar-refractivity contribution is 6.30. The molecule has 2 N–H and O–H groups in total. The predicted octanol–water partition coefficient (Wildman–Crippen LogP) is 1.04. The van der Waals surface area contributed by atoms with Crippen LogP contribution in [0.25, 0.3) is 11.0 Å². The smallest absolute Gasteiger partial charge is 0.351 e. The van der Waals surface area contributed by atoms with Crippen LogP contribution in [0.1, 0.15) is 26.5 Å². The molecule has 114 valence electrons. The van der Waals surface area contributed by atoms with Crippen LogP contribution in [0.5, 0.6) is 0 Å². The van der Waals surface area contributed by atoms with Gasteiger partial charge >= 0.3 is 5.69 Å². The van der Waals surface area contributed by atoms with E-state index in [1.165, 1.54) is 16.8 Å². The maximum atomic E-state index is 12.0. The molecule has 0 spiro atoms. The van der Waals surface area contributed by atoms with E-state index in [0.29, 0.717) is 11.8 Å². The highest BCUT2D eigenvalue weighted by Crippen LogP contribution is 2.14. The van der Waals surface area contributed by atoms with E-state index in [0.717, 1.165) is 0 Å². The second-order valence-corrected chi connectivity index (χ2v) is 5.04. The largest absolute Gasteiger partial charge is 0.394 e. The Morgan fingerprint density at radius 3 is 2.86 bits per heavy atom. The SMILES string of the molecule is CC[C@@H](CO)O[C@H](C)n1cc2cc(Cl)c(=O)[nH]c2nc1=O. The van der Waals surface area contributed by atoms with Crippen LogP contribution >= 0.6 is 11.6 Å². The first kappa shape index (κ1) is 15.7. The summed E-state index contributed by atoms with van der Waals surface area (Å²) in [6.07, 6.45) is 1.18. The van der Waals surface area contributed by atoms with Crippen molar-refractivity contribution in [2.24, 2.45) is 0 Å². The second-order valence-electron chi connectivity index (χ2n) is 4.63. The Kier molecular flexibility index (Phi) is 4.76. The molecule has 0 saturated heterocycles. The maximum Gasteiger partial charge on any atom is 0.351 e. The number of pyridine rings is 1. The van der Waals surface area contributed by atoms with Crippen molar-refractivity contribution >= 4 is 22.6 Å². The van der Waals surface area contributed by atoms with E-state index in [1.807, 2.05) is 6.92 Å². The van der Waals surface area contributed by atoms with Crippen LogP contribution in [0.3, 0.4) is 0 Å². The molecular formula is C13H16ClN3O4. The van der Waals surface area contributed by atoms with E-state index in [2.05, 4.69) is 9.97 Å². The van der Waals surface area contributed by atoms with Crippen LogP contribution < -0.4 is 11.2 Å². The average Bonchev–Trinajstić information content (AvgIpc) is 2.45. The molecule has 2 heterocycles. The molecule has 0 radical (unpaired) electrons. The second kappa shape index (κ2) is 6.38. The van der Waals surface area contributed by atoms with Crippen molar-refractivity contribution in [3.05, 3.63) is 38.1 Å². The van der Waals surface area contributed by atoms with Crippen LogP contribution in [-0.4, -0.2) is 32.4 Å². The molecule has 8 heteroatoms. The summed E-state index contributed by atoms with van der Waals surface area (Å²) in [4.78, 5) is 29.6. The van der Waals surface area contributed by atoms with Gasteiger partial charge in [0.1, 0.15) is 16.9 Å². The lowest BCUT2D eigenvalue weighted by atomic mass is 10.3. The standard InChI is InChI=1S/C13H16ClN3O4/c1-3-9(6-18)21-7(2)17-5-8-4-10(14)12(19)15-11(8)16-13(17)20/h4-5,7,9,18H,3,6H2,1-2H3,(H,15,16,19,20)/t7-,9+/m1/s1. The van der Waals surface area contributed by atoms with Crippen molar-refractivity contribution in [1.29, 1.82) is 0 Å². The van der Waals surface area contributed by atoms with E-state index in [4.69, 9.17) is 21.4 Å². The van der Waals surface area contributed by atoms with Crippen LogP contribution in [0.2, 0.25) is 5.02 Å². The minimum Gasteiger partial charge on any atom is -0.394 e. The molecule has 2 aromatic rings. The van der Waals surface area contributed by atoms with Crippen LogP contribution in [0, 0.1) is 0 Å². The minimum atomic E-state index is -0.600. The first-order valence-corrected chi connectivity index (χ1v) is 6.92. The number of fused-ring (bicyclic) bond motifs is 1. The molecular weight excluding hydrogens is 298 g/mol. The third-order valence-corrected chi connectivity index (χ3v) is 3.43. The number of aliphatic hydroxyl groups excluding tert-OH is 1. The lowest BCUT2D eigenvalue weighted by Crippen LogP contribution is -2.30. The molecule has 21 heavy (non-hydrogen) atoms. The van der Waals surface area contributed by atoms with E-state index in [1.54, 1.807) is 6.92 Å². The van der Waals surface area contributed by atoms with Gasteiger partial charge in [-0.1, -0.05) is 18.5 Å². The Bertz CT molecular complexity index is 751. The normalized spacial score (nSPS) is 14.3. The van der Waals surface area contributed by atoms with Gasteiger partial charge in [-0.15, -0.1) is 0 Å². The Balaban J connectivity index is 2.44. The molecule has 2 atom stereocenters. The molecule has 0 aliphatic heterocycles. The number of rotatable bonds is 5. The number of aromatic nitrogens is 3. The number of hydrogen-bond acceptors (Lipinski definition) is 5. The van der Waals surface area contributed by atoms with Gasteiger partial charge in [0.25, 0.3) is 5.56 Å². The van der Waals surface area contributed by atoms with Crippen molar-refractivity contribution < 1.29 is 9.84 Å². The minimum absolute atomic E-state index is 0.0184. The zero-order chi connectivity index (χ0) is 15.6. The quantitative estimate of drug-likeness (QED) is 0.859.